The number of aliphatic hydroxyl groups excluding tert-OH is 1. The Morgan fingerprint density at radius 2 is 0.565 bits per heavy atom. The van der Waals surface area contributed by atoms with Gasteiger partial charge in [-0.15, -0.1) is 0 Å². The highest BCUT2D eigenvalue weighted by molar-refractivity contribution is 7.47. The molecule has 4 unspecified atom stereocenters. The molecule has 0 rings (SSSR count). The van der Waals surface area contributed by atoms with Gasteiger partial charge in [0.05, 0.1) is 26.4 Å². The summed E-state index contributed by atoms with van der Waals surface area (Å²) in [6.45, 7) is 9.40. The van der Waals surface area contributed by atoms with Crippen LogP contribution in [0.15, 0.2) is 0 Å². The van der Waals surface area contributed by atoms with Crippen LogP contribution in [-0.2, 0) is 65.4 Å². The van der Waals surface area contributed by atoms with E-state index < -0.39 is 97.5 Å². The minimum Gasteiger partial charge on any atom is -0.462 e. The van der Waals surface area contributed by atoms with Crippen molar-refractivity contribution in [1.29, 1.82) is 0 Å². The molecule has 7 atom stereocenters. The van der Waals surface area contributed by atoms with Crippen LogP contribution in [0.1, 0.15) is 330 Å². The monoisotopic (exact) mass is 1250 g/mol. The second kappa shape index (κ2) is 58.4. The van der Waals surface area contributed by atoms with Gasteiger partial charge in [-0.3, -0.25) is 37.3 Å². The Bertz CT molecular complexity index is 1670. The smallest absolute Gasteiger partial charge is 0.462 e. The normalized spacial score (nSPS) is 14.9. The van der Waals surface area contributed by atoms with Crippen molar-refractivity contribution in [3.05, 3.63) is 0 Å². The van der Waals surface area contributed by atoms with Crippen molar-refractivity contribution in [2.24, 2.45) is 11.8 Å². The molecule has 504 valence electrons. The minimum absolute atomic E-state index is 0.103. The molecule has 17 nitrogen and oxygen atoms in total. The maximum atomic E-state index is 13.0. The molecular formula is C66H128O17P2. The molecule has 0 amide bonds. The van der Waals surface area contributed by atoms with Crippen molar-refractivity contribution in [2.75, 3.05) is 39.6 Å². The molecule has 19 heteroatoms. The number of carbonyl (C=O) groups excluding carboxylic acids is 4. The van der Waals surface area contributed by atoms with Crippen LogP contribution >= 0.6 is 15.6 Å². The van der Waals surface area contributed by atoms with Crippen molar-refractivity contribution in [2.45, 2.75) is 349 Å². The maximum absolute atomic E-state index is 13.0. The molecule has 0 saturated heterocycles. The van der Waals surface area contributed by atoms with Gasteiger partial charge in [0.2, 0.25) is 0 Å². The van der Waals surface area contributed by atoms with Crippen LogP contribution in [0, 0.1) is 11.8 Å². The molecule has 3 N–H and O–H groups in total. The first kappa shape index (κ1) is 83.1. The van der Waals surface area contributed by atoms with Crippen molar-refractivity contribution in [3.63, 3.8) is 0 Å². The van der Waals surface area contributed by atoms with E-state index >= 15 is 0 Å². The van der Waals surface area contributed by atoms with Gasteiger partial charge in [0, 0.05) is 25.7 Å². The zero-order valence-corrected chi connectivity index (χ0v) is 56.7. The largest absolute Gasteiger partial charge is 0.472 e. The van der Waals surface area contributed by atoms with Gasteiger partial charge in [0.25, 0.3) is 0 Å². The fraction of sp³-hybridized carbons (Fsp3) is 0.939. The number of phosphoric ester groups is 2. The molecule has 0 radical (unpaired) electrons. The second-order valence-electron chi connectivity index (χ2n) is 24.3. The van der Waals surface area contributed by atoms with Crippen LogP contribution in [0.5, 0.6) is 0 Å². The van der Waals surface area contributed by atoms with Gasteiger partial charge >= 0.3 is 39.5 Å². The van der Waals surface area contributed by atoms with E-state index in [0.717, 1.165) is 115 Å². The summed E-state index contributed by atoms with van der Waals surface area (Å²) in [7, 11) is -9.89. The van der Waals surface area contributed by atoms with Gasteiger partial charge in [0.15, 0.2) is 12.2 Å². The number of carbonyl (C=O) groups is 4. The Kier molecular flexibility index (Phi) is 57.1. The van der Waals surface area contributed by atoms with Crippen molar-refractivity contribution < 1.29 is 80.2 Å². The molecule has 0 fully saturated rings. The highest BCUT2D eigenvalue weighted by atomic mass is 31.2. The number of hydrogen-bond acceptors (Lipinski definition) is 15. The van der Waals surface area contributed by atoms with Crippen LogP contribution < -0.4 is 0 Å². The van der Waals surface area contributed by atoms with Gasteiger partial charge in [-0.1, -0.05) is 279 Å². The van der Waals surface area contributed by atoms with Crippen LogP contribution in [0.25, 0.3) is 0 Å². The van der Waals surface area contributed by atoms with E-state index in [1.807, 2.05) is 0 Å². The van der Waals surface area contributed by atoms with Gasteiger partial charge in [-0.25, -0.2) is 9.13 Å². The first-order valence-electron chi connectivity index (χ1n) is 34.6. The SMILES string of the molecule is CCCCCCCCCCCCCCCCCCCC(=O)O[C@H](COC(=O)CCCCCCCCC(C)CC)COP(=O)(O)OC[C@@H](O)COP(=O)(O)OC[C@@H](COC(=O)CCCCCCCCCC)OC(=O)CCCCCCCCC(C)CC. The zero-order valence-electron chi connectivity index (χ0n) is 54.9. The number of rotatable bonds is 65. The molecule has 85 heavy (non-hydrogen) atoms. The summed E-state index contributed by atoms with van der Waals surface area (Å²) in [5, 5.41) is 10.5. The Morgan fingerprint density at radius 3 is 0.835 bits per heavy atom. The predicted molar refractivity (Wildman–Crippen MR) is 340 cm³/mol. The lowest BCUT2D eigenvalue weighted by Crippen LogP contribution is -2.30. The quantitative estimate of drug-likeness (QED) is 0.0222. The molecule has 0 aromatic carbocycles. The topological polar surface area (TPSA) is 237 Å². The van der Waals surface area contributed by atoms with Crippen molar-refractivity contribution in [3.8, 4) is 0 Å². The van der Waals surface area contributed by atoms with Crippen molar-refractivity contribution in [1.82, 2.24) is 0 Å². The number of phosphoric acid groups is 2. The summed E-state index contributed by atoms with van der Waals surface area (Å²) in [6.07, 6.45) is 41.8. The van der Waals surface area contributed by atoms with E-state index in [0.29, 0.717) is 25.7 Å². The zero-order chi connectivity index (χ0) is 62.9. The highest BCUT2D eigenvalue weighted by Gasteiger charge is 2.30. The fourth-order valence-electron chi connectivity index (χ4n) is 9.82. The number of aliphatic hydroxyl groups is 1. The molecule has 0 aliphatic carbocycles. The van der Waals surface area contributed by atoms with Crippen LogP contribution in [0.4, 0.5) is 0 Å². The van der Waals surface area contributed by atoms with Crippen LogP contribution in [-0.4, -0.2) is 96.7 Å². The molecular weight excluding hydrogens is 1130 g/mol. The van der Waals surface area contributed by atoms with Gasteiger partial charge in [0.1, 0.15) is 19.3 Å². The summed E-state index contributed by atoms with van der Waals surface area (Å²) in [6, 6.07) is 0. The van der Waals surface area contributed by atoms with E-state index in [-0.39, 0.29) is 25.7 Å². The van der Waals surface area contributed by atoms with Crippen LogP contribution in [0.3, 0.4) is 0 Å². The lowest BCUT2D eigenvalue weighted by molar-refractivity contribution is -0.161. The van der Waals surface area contributed by atoms with Gasteiger partial charge in [-0.05, 0) is 37.5 Å². The third kappa shape index (κ3) is 58.2. The average Bonchev–Trinajstić information content (AvgIpc) is 3.54. The Hall–Kier alpha value is -1.94. The van der Waals surface area contributed by atoms with E-state index in [9.17, 15) is 43.2 Å². The highest BCUT2D eigenvalue weighted by Crippen LogP contribution is 2.45. The lowest BCUT2D eigenvalue weighted by Gasteiger charge is -2.21. The number of ether oxygens (including phenoxy) is 4. The molecule has 0 aliphatic heterocycles. The lowest BCUT2D eigenvalue weighted by atomic mass is 10.00. The van der Waals surface area contributed by atoms with Crippen LogP contribution in [0.2, 0.25) is 0 Å². The molecule has 0 aromatic heterocycles. The van der Waals surface area contributed by atoms with E-state index in [4.69, 9.17) is 37.0 Å². The maximum Gasteiger partial charge on any atom is 0.472 e. The summed E-state index contributed by atoms with van der Waals surface area (Å²) in [5.74, 6) is -0.685. The standard InChI is InChI=1S/C66H128O17P2/c1-7-11-13-15-17-19-20-21-22-23-24-25-26-27-29-38-44-50-65(70)82-61(55-77-64(69)49-43-37-32-30-34-40-46-58(5)9-3)56-80-84(72,73)78-52-60(67)53-79-85(74,75)81-57-62(54-76-63(68)48-42-36-28-18-16-14-12-8-2)83-66(71)51-45-39-33-31-35-41-47-59(6)10-4/h58-62,67H,7-57H2,1-6H3,(H,72,73)(H,74,75)/t58?,59?,60-,61-,62-/m1/s1. The van der Waals surface area contributed by atoms with Gasteiger partial charge < -0.3 is 33.8 Å². The number of hydrogen-bond donors (Lipinski definition) is 3. The Labute approximate surface area is 517 Å². The molecule has 0 spiro atoms. The molecule has 0 bridgehead atoms. The molecule has 0 heterocycles. The fourth-order valence-corrected chi connectivity index (χ4v) is 11.4. The summed E-state index contributed by atoms with van der Waals surface area (Å²) < 4.78 is 68.0. The first-order chi connectivity index (χ1) is 40.9. The third-order valence-corrected chi connectivity index (χ3v) is 17.8. The summed E-state index contributed by atoms with van der Waals surface area (Å²) >= 11 is 0. The number of esters is 4. The summed E-state index contributed by atoms with van der Waals surface area (Å²) in [5.41, 5.74) is 0. The van der Waals surface area contributed by atoms with E-state index in [1.165, 1.54) is 135 Å². The number of unbranched alkanes of at least 4 members (excludes halogenated alkanes) is 33. The minimum atomic E-state index is -4.95. The van der Waals surface area contributed by atoms with Crippen molar-refractivity contribution >= 4 is 39.5 Å². The Morgan fingerprint density at radius 1 is 0.329 bits per heavy atom. The first-order valence-corrected chi connectivity index (χ1v) is 37.6. The Balaban J connectivity index is 5.20. The van der Waals surface area contributed by atoms with E-state index in [2.05, 4.69) is 41.5 Å². The average molecular weight is 1260 g/mol. The third-order valence-electron chi connectivity index (χ3n) is 15.9. The van der Waals surface area contributed by atoms with Gasteiger partial charge in [-0.2, -0.15) is 0 Å². The molecule has 0 saturated carbocycles. The second-order valence-corrected chi connectivity index (χ2v) is 27.2. The summed E-state index contributed by atoms with van der Waals surface area (Å²) in [4.78, 5) is 72.2. The molecule has 0 aromatic rings. The van der Waals surface area contributed by atoms with E-state index in [1.54, 1.807) is 0 Å². The predicted octanol–water partition coefficient (Wildman–Crippen LogP) is 18.4. The molecule has 0 aliphatic rings.